The van der Waals surface area contributed by atoms with E-state index in [1.165, 1.54) is 0 Å². The maximum Gasteiger partial charge on any atom is 0.244 e. The first kappa shape index (κ1) is 17.2. The van der Waals surface area contributed by atoms with Crippen molar-refractivity contribution in [3.05, 3.63) is 65.9 Å². The first-order valence-corrected chi connectivity index (χ1v) is 8.61. The second-order valence-electron chi connectivity index (χ2n) is 6.24. The van der Waals surface area contributed by atoms with Gasteiger partial charge >= 0.3 is 0 Å². The highest BCUT2D eigenvalue weighted by Crippen LogP contribution is 2.18. The number of carbonyl (C=O) groups excluding carboxylic acids is 1. The van der Waals surface area contributed by atoms with Gasteiger partial charge < -0.3 is 15.1 Å². The zero-order valence-corrected chi connectivity index (χ0v) is 14.6. The number of piperazine rings is 1. The average Bonchev–Trinajstić information content (AvgIpc) is 2.66. The molecule has 1 aliphatic rings. The van der Waals surface area contributed by atoms with Gasteiger partial charge in [0.25, 0.3) is 0 Å². The third-order valence-electron chi connectivity index (χ3n) is 4.35. The molecule has 0 unspecified atom stereocenters. The number of nitrogens with one attached hydrogen (secondary N) is 1. The Labute approximate surface area is 149 Å². The van der Waals surface area contributed by atoms with Gasteiger partial charge in [-0.2, -0.15) is 0 Å². The molecule has 0 radical (unpaired) electrons. The van der Waals surface area contributed by atoms with Gasteiger partial charge in [0.15, 0.2) is 0 Å². The highest BCUT2D eigenvalue weighted by molar-refractivity contribution is 5.91. The Hall–Kier alpha value is -2.66. The van der Waals surface area contributed by atoms with Gasteiger partial charge in [-0.1, -0.05) is 36.4 Å². The summed E-state index contributed by atoms with van der Waals surface area (Å²) in [5.74, 6) is 0.875. The Kier molecular flexibility index (Phi) is 5.80. The molecule has 0 aliphatic carbocycles. The Morgan fingerprint density at radius 3 is 2.64 bits per heavy atom. The van der Waals surface area contributed by atoms with Gasteiger partial charge in [0.1, 0.15) is 5.82 Å². The minimum atomic E-state index is -0.1000. The van der Waals surface area contributed by atoms with Crippen LogP contribution in [-0.2, 0) is 11.3 Å². The fraction of sp³-hybridized carbons (Fsp3) is 0.300. The van der Waals surface area contributed by atoms with E-state index in [1.807, 2.05) is 54.7 Å². The van der Waals surface area contributed by atoms with Crippen LogP contribution in [0.5, 0.6) is 0 Å². The highest BCUT2D eigenvalue weighted by atomic mass is 16.1. The first-order chi connectivity index (χ1) is 12.2. The number of benzene rings is 1. The Morgan fingerprint density at radius 1 is 1.12 bits per heavy atom. The van der Waals surface area contributed by atoms with Crippen LogP contribution in [0.4, 0.5) is 5.82 Å². The summed E-state index contributed by atoms with van der Waals surface area (Å²) in [5.41, 5.74) is 2.06. The summed E-state index contributed by atoms with van der Waals surface area (Å²) in [6.45, 7) is 4.46. The van der Waals surface area contributed by atoms with E-state index in [9.17, 15) is 4.79 Å². The number of hydrogen-bond acceptors (Lipinski definition) is 4. The number of carbonyl (C=O) groups is 1. The summed E-state index contributed by atoms with van der Waals surface area (Å²) in [5, 5.41) is 2.95. The average molecular weight is 336 g/mol. The molecular weight excluding hydrogens is 312 g/mol. The zero-order valence-electron chi connectivity index (χ0n) is 14.6. The Morgan fingerprint density at radius 2 is 1.88 bits per heavy atom. The Balaban J connectivity index is 1.59. The van der Waals surface area contributed by atoms with E-state index in [0.29, 0.717) is 6.54 Å². The zero-order chi connectivity index (χ0) is 17.5. The normalized spacial score (nSPS) is 15.5. The number of aromatic nitrogens is 1. The molecule has 0 spiro atoms. The number of amides is 1. The maximum absolute atomic E-state index is 12.1. The minimum Gasteiger partial charge on any atom is -0.354 e. The molecule has 1 aromatic carbocycles. The monoisotopic (exact) mass is 336 g/mol. The molecule has 25 heavy (non-hydrogen) atoms. The molecule has 1 amide bonds. The van der Waals surface area contributed by atoms with Gasteiger partial charge in [0.05, 0.1) is 0 Å². The fourth-order valence-electron chi connectivity index (χ4n) is 2.85. The lowest BCUT2D eigenvalue weighted by Crippen LogP contribution is -2.45. The van der Waals surface area contributed by atoms with Crippen LogP contribution in [0.15, 0.2) is 54.7 Å². The molecule has 3 rings (SSSR count). The van der Waals surface area contributed by atoms with Gasteiger partial charge in [-0.3, -0.25) is 4.79 Å². The van der Waals surface area contributed by atoms with Crippen molar-refractivity contribution in [2.75, 3.05) is 38.1 Å². The van der Waals surface area contributed by atoms with Crippen molar-refractivity contribution in [3.8, 4) is 0 Å². The lowest BCUT2D eigenvalue weighted by molar-refractivity contribution is -0.116. The molecule has 0 saturated carbocycles. The number of hydrogen-bond donors (Lipinski definition) is 1. The number of nitrogens with zero attached hydrogens (tertiary/aromatic N) is 3. The summed E-state index contributed by atoms with van der Waals surface area (Å²) in [7, 11) is 2.13. The molecule has 0 atom stereocenters. The molecule has 1 saturated heterocycles. The van der Waals surface area contributed by atoms with Crippen LogP contribution in [0.25, 0.3) is 6.08 Å². The van der Waals surface area contributed by atoms with Gasteiger partial charge in [0, 0.05) is 50.6 Å². The molecule has 1 aromatic heterocycles. The molecule has 1 aliphatic heterocycles. The quantitative estimate of drug-likeness (QED) is 0.850. The van der Waals surface area contributed by atoms with Gasteiger partial charge in [-0.05, 0) is 24.8 Å². The topological polar surface area (TPSA) is 48.5 Å². The van der Waals surface area contributed by atoms with Crippen LogP contribution in [0, 0.1) is 0 Å². The molecule has 2 heterocycles. The lowest BCUT2D eigenvalue weighted by Gasteiger charge is -2.34. The van der Waals surface area contributed by atoms with Gasteiger partial charge in [-0.15, -0.1) is 0 Å². The molecule has 5 heteroatoms. The molecule has 5 nitrogen and oxygen atoms in total. The van der Waals surface area contributed by atoms with Crippen molar-refractivity contribution < 1.29 is 4.79 Å². The van der Waals surface area contributed by atoms with Crippen molar-refractivity contribution in [1.29, 1.82) is 0 Å². The van der Waals surface area contributed by atoms with Gasteiger partial charge in [0.2, 0.25) is 5.91 Å². The van der Waals surface area contributed by atoms with E-state index >= 15 is 0 Å². The molecular formula is C20H24N4O. The van der Waals surface area contributed by atoms with Crippen LogP contribution >= 0.6 is 0 Å². The number of pyridine rings is 1. The third-order valence-corrected chi connectivity index (χ3v) is 4.35. The summed E-state index contributed by atoms with van der Waals surface area (Å²) in [6, 6.07) is 13.8. The summed E-state index contributed by atoms with van der Waals surface area (Å²) in [4.78, 5) is 21.2. The van der Waals surface area contributed by atoms with Crippen LogP contribution in [0.2, 0.25) is 0 Å². The third kappa shape index (κ3) is 4.90. The van der Waals surface area contributed by atoms with E-state index in [4.69, 9.17) is 0 Å². The predicted octanol–water partition coefficient (Wildman–Crippen LogP) is 2.16. The molecule has 1 N–H and O–H groups in total. The Bertz CT molecular complexity index is 721. The van der Waals surface area contributed by atoms with Crippen LogP contribution < -0.4 is 10.2 Å². The van der Waals surface area contributed by atoms with Crippen molar-refractivity contribution in [2.45, 2.75) is 6.54 Å². The standard InChI is InChI=1S/C20H24N4O/c1-23-12-14-24(15-13-23)20-18(8-5-11-21-20)16-22-19(25)10-9-17-6-3-2-4-7-17/h2-11H,12-16H2,1H3,(H,22,25). The SMILES string of the molecule is CN1CCN(c2ncccc2CNC(=O)C=Cc2ccccc2)CC1. The van der Waals surface area contributed by atoms with E-state index in [1.54, 1.807) is 6.08 Å². The summed E-state index contributed by atoms with van der Waals surface area (Å²) < 4.78 is 0. The fourth-order valence-corrected chi connectivity index (χ4v) is 2.85. The number of likely N-dealkylation sites (N-methyl/N-ethyl adjacent to an activating group) is 1. The predicted molar refractivity (Wildman–Crippen MR) is 101 cm³/mol. The minimum absolute atomic E-state index is 0.1000. The number of rotatable bonds is 5. The smallest absolute Gasteiger partial charge is 0.244 e. The van der Waals surface area contributed by atoms with Crippen LogP contribution in [0.1, 0.15) is 11.1 Å². The van der Waals surface area contributed by atoms with Crippen molar-refractivity contribution in [2.24, 2.45) is 0 Å². The van der Waals surface area contributed by atoms with E-state index < -0.39 is 0 Å². The van der Waals surface area contributed by atoms with Crippen molar-refractivity contribution in [3.63, 3.8) is 0 Å². The van der Waals surface area contributed by atoms with Crippen LogP contribution in [-0.4, -0.2) is 49.0 Å². The molecule has 1 fully saturated rings. The molecule has 130 valence electrons. The van der Waals surface area contributed by atoms with Gasteiger partial charge in [-0.25, -0.2) is 4.98 Å². The second kappa shape index (κ2) is 8.44. The van der Waals surface area contributed by atoms with Crippen LogP contribution in [0.3, 0.4) is 0 Å². The summed E-state index contributed by atoms with van der Waals surface area (Å²) in [6.07, 6.45) is 5.20. The highest BCUT2D eigenvalue weighted by Gasteiger charge is 2.17. The first-order valence-electron chi connectivity index (χ1n) is 8.61. The van der Waals surface area contributed by atoms with E-state index in [2.05, 4.69) is 27.1 Å². The largest absolute Gasteiger partial charge is 0.354 e. The second-order valence-corrected chi connectivity index (χ2v) is 6.24. The van der Waals surface area contributed by atoms with Crippen molar-refractivity contribution in [1.82, 2.24) is 15.2 Å². The van der Waals surface area contributed by atoms with E-state index in [-0.39, 0.29) is 5.91 Å². The van der Waals surface area contributed by atoms with Crippen molar-refractivity contribution >= 4 is 17.8 Å². The van der Waals surface area contributed by atoms with E-state index in [0.717, 1.165) is 43.1 Å². The maximum atomic E-state index is 12.1. The molecule has 2 aromatic rings. The summed E-state index contributed by atoms with van der Waals surface area (Å²) >= 11 is 0. The molecule has 0 bridgehead atoms. The number of anilines is 1. The lowest BCUT2D eigenvalue weighted by atomic mass is 10.2.